The summed E-state index contributed by atoms with van der Waals surface area (Å²) in [4.78, 5) is 30.1. The first kappa shape index (κ1) is 19.4. The van der Waals surface area contributed by atoms with Crippen LogP contribution < -0.4 is 11.1 Å². The van der Waals surface area contributed by atoms with Gasteiger partial charge in [0.25, 0.3) is 0 Å². The molecule has 2 saturated carbocycles. The van der Waals surface area contributed by atoms with Crippen molar-refractivity contribution in [2.24, 2.45) is 11.7 Å². The van der Waals surface area contributed by atoms with E-state index in [4.69, 9.17) is 5.73 Å². The molecule has 1 aromatic rings. The highest BCUT2D eigenvalue weighted by atomic mass is 16.2. The van der Waals surface area contributed by atoms with Crippen LogP contribution in [0.5, 0.6) is 0 Å². The molecule has 2 amide bonds. The zero-order valence-electron chi connectivity index (χ0n) is 16.6. The number of carbonyl (C=O) groups excluding carboxylic acids is 2. The highest BCUT2D eigenvalue weighted by Gasteiger charge is 2.44. The van der Waals surface area contributed by atoms with Crippen LogP contribution >= 0.6 is 0 Å². The molecular formula is C22H32N4O2. The Morgan fingerprint density at radius 1 is 1.07 bits per heavy atom. The van der Waals surface area contributed by atoms with Crippen LogP contribution in [0.25, 0.3) is 0 Å². The molecule has 1 unspecified atom stereocenters. The standard InChI is InChI=1S/C22H32N4O2/c23-11-12-24-21(27)20-14-19(10-13-25(20)22(28)17-6-7-17)26(18-8-9-18)15-16-4-2-1-3-5-16/h1-5,17-20H,6-15,23H2,(H,24,27)/t19?,20-/m1/s1. The summed E-state index contributed by atoms with van der Waals surface area (Å²) in [5, 5.41) is 2.92. The van der Waals surface area contributed by atoms with Gasteiger partial charge in [0, 0.05) is 44.2 Å². The van der Waals surface area contributed by atoms with Gasteiger partial charge >= 0.3 is 0 Å². The molecule has 152 valence electrons. The van der Waals surface area contributed by atoms with Crippen molar-refractivity contribution >= 4 is 11.8 Å². The average molecular weight is 385 g/mol. The Morgan fingerprint density at radius 2 is 1.82 bits per heavy atom. The minimum atomic E-state index is -0.365. The van der Waals surface area contributed by atoms with E-state index in [2.05, 4.69) is 34.5 Å². The number of hydrogen-bond acceptors (Lipinski definition) is 4. The molecule has 0 spiro atoms. The Balaban J connectivity index is 1.48. The molecule has 0 aromatic heterocycles. The zero-order chi connectivity index (χ0) is 19.5. The van der Waals surface area contributed by atoms with E-state index < -0.39 is 0 Å². The van der Waals surface area contributed by atoms with E-state index in [0.717, 1.165) is 32.2 Å². The number of likely N-dealkylation sites (tertiary alicyclic amines) is 1. The van der Waals surface area contributed by atoms with E-state index in [1.165, 1.54) is 18.4 Å². The Kier molecular flexibility index (Phi) is 5.97. The second kappa shape index (κ2) is 8.62. The fourth-order valence-electron chi connectivity index (χ4n) is 4.40. The molecule has 1 aromatic carbocycles. The molecule has 1 saturated heterocycles. The summed E-state index contributed by atoms with van der Waals surface area (Å²) in [7, 11) is 0. The molecule has 0 radical (unpaired) electrons. The number of rotatable bonds is 8. The zero-order valence-corrected chi connectivity index (χ0v) is 16.6. The maximum Gasteiger partial charge on any atom is 0.242 e. The monoisotopic (exact) mass is 384 g/mol. The molecule has 4 rings (SSSR count). The summed E-state index contributed by atoms with van der Waals surface area (Å²) in [6.07, 6.45) is 6.08. The van der Waals surface area contributed by atoms with E-state index >= 15 is 0 Å². The van der Waals surface area contributed by atoms with Gasteiger partial charge in [-0.15, -0.1) is 0 Å². The summed E-state index contributed by atoms with van der Waals surface area (Å²) < 4.78 is 0. The van der Waals surface area contributed by atoms with Gasteiger partial charge in [-0.2, -0.15) is 0 Å². The lowest BCUT2D eigenvalue weighted by molar-refractivity contribution is -0.144. The quantitative estimate of drug-likeness (QED) is 0.712. The van der Waals surface area contributed by atoms with Gasteiger partial charge in [-0.1, -0.05) is 30.3 Å². The number of carbonyl (C=O) groups is 2. The average Bonchev–Trinajstić information content (AvgIpc) is 3.63. The fraction of sp³-hybridized carbons (Fsp3) is 0.636. The number of amides is 2. The normalized spacial score (nSPS) is 25.0. The summed E-state index contributed by atoms with van der Waals surface area (Å²) in [5.41, 5.74) is 6.88. The Morgan fingerprint density at radius 3 is 2.46 bits per heavy atom. The van der Waals surface area contributed by atoms with Crippen molar-refractivity contribution in [3.63, 3.8) is 0 Å². The van der Waals surface area contributed by atoms with Crippen LogP contribution in [0.15, 0.2) is 30.3 Å². The molecule has 1 heterocycles. The van der Waals surface area contributed by atoms with Gasteiger partial charge in [-0.3, -0.25) is 14.5 Å². The lowest BCUT2D eigenvalue weighted by Gasteiger charge is -2.43. The van der Waals surface area contributed by atoms with E-state index in [1.807, 2.05) is 11.0 Å². The lowest BCUT2D eigenvalue weighted by atomic mass is 9.93. The minimum absolute atomic E-state index is 0.0420. The molecule has 6 heteroatoms. The molecule has 0 bridgehead atoms. The number of hydrogen-bond donors (Lipinski definition) is 2. The SMILES string of the molecule is NCCNC(=O)[C@H]1CC(N(Cc2ccccc2)C2CC2)CCN1C(=O)C1CC1. The third-order valence-corrected chi connectivity index (χ3v) is 6.22. The van der Waals surface area contributed by atoms with E-state index in [1.54, 1.807) is 0 Å². The van der Waals surface area contributed by atoms with Gasteiger partial charge in [0.05, 0.1) is 0 Å². The molecular weight excluding hydrogens is 352 g/mol. The van der Waals surface area contributed by atoms with Gasteiger partial charge in [-0.05, 0) is 44.1 Å². The fourth-order valence-corrected chi connectivity index (χ4v) is 4.40. The maximum absolute atomic E-state index is 12.8. The van der Waals surface area contributed by atoms with Crippen LogP contribution in [0, 0.1) is 5.92 Å². The molecule has 3 N–H and O–H groups in total. The Labute approximate surface area is 167 Å². The van der Waals surface area contributed by atoms with Crippen molar-refractivity contribution in [2.75, 3.05) is 19.6 Å². The van der Waals surface area contributed by atoms with Gasteiger partial charge in [0.2, 0.25) is 11.8 Å². The van der Waals surface area contributed by atoms with Crippen LogP contribution in [0.1, 0.15) is 44.1 Å². The van der Waals surface area contributed by atoms with Crippen molar-refractivity contribution in [1.82, 2.24) is 15.1 Å². The Hall–Kier alpha value is -1.92. The van der Waals surface area contributed by atoms with E-state index in [0.29, 0.717) is 31.7 Å². The van der Waals surface area contributed by atoms with Gasteiger partial charge < -0.3 is 16.0 Å². The number of nitrogens with zero attached hydrogens (tertiary/aromatic N) is 2. The highest BCUT2D eigenvalue weighted by Crippen LogP contribution is 2.37. The van der Waals surface area contributed by atoms with Crippen molar-refractivity contribution in [3.8, 4) is 0 Å². The van der Waals surface area contributed by atoms with Gasteiger partial charge in [0.1, 0.15) is 6.04 Å². The summed E-state index contributed by atoms with van der Waals surface area (Å²) in [5.74, 6) is 0.275. The maximum atomic E-state index is 12.8. The number of nitrogens with two attached hydrogens (primary N) is 1. The largest absolute Gasteiger partial charge is 0.353 e. The van der Waals surface area contributed by atoms with Gasteiger partial charge in [0.15, 0.2) is 0 Å². The van der Waals surface area contributed by atoms with Crippen molar-refractivity contribution in [3.05, 3.63) is 35.9 Å². The molecule has 1 aliphatic heterocycles. The number of benzene rings is 1. The third kappa shape index (κ3) is 4.55. The van der Waals surface area contributed by atoms with Crippen LogP contribution in [-0.2, 0) is 16.1 Å². The Bertz CT molecular complexity index is 687. The summed E-state index contributed by atoms with van der Waals surface area (Å²) >= 11 is 0. The smallest absolute Gasteiger partial charge is 0.242 e. The van der Waals surface area contributed by atoms with Crippen molar-refractivity contribution < 1.29 is 9.59 Å². The number of nitrogens with one attached hydrogen (secondary N) is 1. The van der Waals surface area contributed by atoms with Crippen LogP contribution in [0.3, 0.4) is 0 Å². The second-order valence-electron chi connectivity index (χ2n) is 8.47. The first-order valence-corrected chi connectivity index (χ1v) is 10.8. The highest BCUT2D eigenvalue weighted by molar-refractivity contribution is 5.89. The third-order valence-electron chi connectivity index (χ3n) is 6.22. The van der Waals surface area contributed by atoms with Gasteiger partial charge in [-0.25, -0.2) is 0 Å². The lowest BCUT2D eigenvalue weighted by Crippen LogP contribution is -2.58. The van der Waals surface area contributed by atoms with Crippen molar-refractivity contribution in [1.29, 1.82) is 0 Å². The predicted octanol–water partition coefficient (Wildman–Crippen LogP) is 1.50. The minimum Gasteiger partial charge on any atom is -0.353 e. The molecule has 2 aliphatic carbocycles. The first-order valence-electron chi connectivity index (χ1n) is 10.8. The van der Waals surface area contributed by atoms with Crippen LogP contribution in [0.4, 0.5) is 0 Å². The summed E-state index contributed by atoms with van der Waals surface area (Å²) in [6.45, 7) is 2.48. The van der Waals surface area contributed by atoms with Crippen molar-refractivity contribution in [2.45, 2.75) is 63.2 Å². The first-order chi connectivity index (χ1) is 13.7. The molecule has 3 fully saturated rings. The molecule has 28 heavy (non-hydrogen) atoms. The van der Waals surface area contributed by atoms with Crippen LogP contribution in [0.2, 0.25) is 0 Å². The number of piperidine rings is 1. The molecule has 6 nitrogen and oxygen atoms in total. The topological polar surface area (TPSA) is 78.7 Å². The summed E-state index contributed by atoms with van der Waals surface area (Å²) in [6, 6.07) is 11.1. The molecule has 3 aliphatic rings. The van der Waals surface area contributed by atoms with Crippen LogP contribution in [-0.4, -0.2) is 59.4 Å². The molecule has 2 atom stereocenters. The van der Waals surface area contributed by atoms with E-state index in [9.17, 15) is 9.59 Å². The van der Waals surface area contributed by atoms with E-state index in [-0.39, 0.29) is 23.8 Å². The second-order valence-corrected chi connectivity index (χ2v) is 8.47. The predicted molar refractivity (Wildman–Crippen MR) is 108 cm³/mol.